The van der Waals surface area contributed by atoms with Gasteiger partial charge in [0.1, 0.15) is 0 Å². The number of hydrogen-bond donors (Lipinski definition) is 1. The van der Waals surface area contributed by atoms with Crippen LogP contribution in [0.25, 0.3) is 0 Å². The number of aromatic nitrogens is 3. The zero-order valence-electron chi connectivity index (χ0n) is 8.42. The lowest BCUT2D eigenvalue weighted by Crippen LogP contribution is -1.87. The van der Waals surface area contributed by atoms with Gasteiger partial charge in [0.05, 0.1) is 23.1 Å². The van der Waals surface area contributed by atoms with Crippen molar-refractivity contribution in [1.82, 2.24) is 14.8 Å². The average Bonchev–Trinajstić information content (AvgIpc) is 2.64. The van der Waals surface area contributed by atoms with Gasteiger partial charge in [-0.2, -0.15) is 5.10 Å². The van der Waals surface area contributed by atoms with Crippen LogP contribution in [0.5, 0.6) is 0 Å². The molecule has 0 aromatic carbocycles. The van der Waals surface area contributed by atoms with Gasteiger partial charge in [-0.05, 0) is 12.1 Å². The first kappa shape index (κ1) is 10.0. The summed E-state index contributed by atoms with van der Waals surface area (Å²) in [4.78, 5) is 4.21. The predicted molar refractivity (Wildman–Crippen MR) is 61.4 cm³/mol. The molecule has 0 aliphatic heterocycles. The SMILES string of the molecule is Cn1cc(CSc2ccc(N)cn2)cn1. The summed E-state index contributed by atoms with van der Waals surface area (Å²) in [6.07, 6.45) is 5.54. The van der Waals surface area contributed by atoms with Gasteiger partial charge in [0.25, 0.3) is 0 Å². The molecule has 4 nitrogen and oxygen atoms in total. The second-order valence-corrected chi connectivity index (χ2v) is 4.24. The van der Waals surface area contributed by atoms with Gasteiger partial charge in [0.15, 0.2) is 0 Å². The Morgan fingerprint density at radius 2 is 2.27 bits per heavy atom. The summed E-state index contributed by atoms with van der Waals surface area (Å²) in [5, 5.41) is 5.09. The maximum Gasteiger partial charge on any atom is 0.0964 e. The molecule has 2 rings (SSSR count). The first-order valence-electron chi connectivity index (χ1n) is 4.56. The molecule has 2 N–H and O–H groups in total. The summed E-state index contributed by atoms with van der Waals surface area (Å²) in [7, 11) is 1.91. The van der Waals surface area contributed by atoms with Crippen molar-refractivity contribution in [2.75, 3.05) is 5.73 Å². The van der Waals surface area contributed by atoms with Gasteiger partial charge >= 0.3 is 0 Å². The van der Waals surface area contributed by atoms with Gasteiger partial charge in [0, 0.05) is 24.6 Å². The van der Waals surface area contributed by atoms with E-state index < -0.39 is 0 Å². The van der Waals surface area contributed by atoms with E-state index in [2.05, 4.69) is 10.1 Å². The first-order chi connectivity index (χ1) is 7.24. The van der Waals surface area contributed by atoms with Crippen LogP contribution in [0, 0.1) is 0 Å². The molecule has 0 radical (unpaired) electrons. The zero-order chi connectivity index (χ0) is 10.7. The Kier molecular flexibility index (Phi) is 2.91. The second kappa shape index (κ2) is 4.35. The molecule has 15 heavy (non-hydrogen) atoms. The number of aryl methyl sites for hydroxylation is 1. The first-order valence-corrected chi connectivity index (χ1v) is 5.54. The Morgan fingerprint density at radius 1 is 1.40 bits per heavy atom. The molecule has 0 unspecified atom stereocenters. The number of pyridine rings is 1. The summed E-state index contributed by atoms with van der Waals surface area (Å²) in [6, 6.07) is 3.79. The van der Waals surface area contributed by atoms with E-state index in [1.54, 1.807) is 22.6 Å². The predicted octanol–water partition coefficient (Wildman–Crippen LogP) is 1.69. The monoisotopic (exact) mass is 220 g/mol. The minimum absolute atomic E-state index is 0.695. The molecular weight excluding hydrogens is 208 g/mol. The number of rotatable bonds is 3. The van der Waals surface area contributed by atoms with Gasteiger partial charge in [-0.25, -0.2) is 4.98 Å². The lowest BCUT2D eigenvalue weighted by molar-refractivity contribution is 0.767. The molecular formula is C10H12N4S. The molecule has 0 aliphatic rings. The lowest BCUT2D eigenvalue weighted by atomic mass is 10.4. The smallest absolute Gasteiger partial charge is 0.0964 e. The normalized spacial score (nSPS) is 10.5. The van der Waals surface area contributed by atoms with Crippen LogP contribution in [0.4, 0.5) is 5.69 Å². The molecule has 0 fully saturated rings. The van der Waals surface area contributed by atoms with E-state index in [1.807, 2.05) is 31.6 Å². The minimum atomic E-state index is 0.695. The number of nitrogen functional groups attached to an aromatic ring is 1. The van der Waals surface area contributed by atoms with Gasteiger partial charge in [-0.3, -0.25) is 4.68 Å². The van der Waals surface area contributed by atoms with Crippen molar-refractivity contribution in [1.29, 1.82) is 0 Å². The van der Waals surface area contributed by atoms with Crippen molar-refractivity contribution in [3.05, 3.63) is 36.3 Å². The van der Waals surface area contributed by atoms with E-state index in [4.69, 9.17) is 5.73 Å². The van der Waals surface area contributed by atoms with Crippen molar-refractivity contribution >= 4 is 17.4 Å². The quantitative estimate of drug-likeness (QED) is 0.800. The molecule has 0 saturated heterocycles. The van der Waals surface area contributed by atoms with Gasteiger partial charge in [0.2, 0.25) is 0 Å². The fourth-order valence-corrected chi connectivity index (χ4v) is 1.94. The van der Waals surface area contributed by atoms with E-state index in [9.17, 15) is 0 Å². The zero-order valence-corrected chi connectivity index (χ0v) is 9.24. The molecule has 0 bridgehead atoms. The lowest BCUT2D eigenvalue weighted by Gasteiger charge is -1.98. The topological polar surface area (TPSA) is 56.7 Å². The highest BCUT2D eigenvalue weighted by atomic mass is 32.2. The Labute approximate surface area is 92.5 Å². The highest BCUT2D eigenvalue weighted by molar-refractivity contribution is 7.98. The van der Waals surface area contributed by atoms with Crippen LogP contribution < -0.4 is 5.73 Å². The molecule has 0 atom stereocenters. The van der Waals surface area contributed by atoms with Crippen LogP contribution >= 0.6 is 11.8 Å². The van der Waals surface area contributed by atoms with Crippen LogP contribution in [0.15, 0.2) is 35.7 Å². The molecule has 2 aromatic heterocycles. The van der Waals surface area contributed by atoms with E-state index in [0.29, 0.717) is 5.69 Å². The average molecular weight is 220 g/mol. The molecule has 5 heteroatoms. The Balaban J connectivity index is 1.96. The van der Waals surface area contributed by atoms with E-state index in [1.165, 1.54) is 5.56 Å². The third kappa shape index (κ3) is 2.73. The Morgan fingerprint density at radius 3 is 2.87 bits per heavy atom. The summed E-state index contributed by atoms with van der Waals surface area (Å²) >= 11 is 1.68. The Hall–Kier alpha value is -1.49. The van der Waals surface area contributed by atoms with Gasteiger partial charge in [-0.1, -0.05) is 0 Å². The number of hydrogen-bond acceptors (Lipinski definition) is 4. The van der Waals surface area contributed by atoms with Crippen LogP contribution in [0.2, 0.25) is 0 Å². The summed E-state index contributed by atoms with van der Waals surface area (Å²) in [6.45, 7) is 0. The second-order valence-electron chi connectivity index (χ2n) is 3.24. The van der Waals surface area contributed by atoms with Crippen molar-refractivity contribution < 1.29 is 0 Å². The molecule has 0 saturated carbocycles. The largest absolute Gasteiger partial charge is 0.397 e. The molecule has 78 valence electrons. The van der Waals surface area contributed by atoms with Crippen molar-refractivity contribution in [3.8, 4) is 0 Å². The number of nitrogens with zero attached hydrogens (tertiary/aromatic N) is 3. The van der Waals surface area contributed by atoms with Crippen molar-refractivity contribution in [2.24, 2.45) is 7.05 Å². The maximum absolute atomic E-state index is 5.55. The fourth-order valence-electron chi connectivity index (χ4n) is 1.18. The van der Waals surface area contributed by atoms with Crippen LogP contribution in [-0.4, -0.2) is 14.8 Å². The van der Waals surface area contributed by atoms with Gasteiger partial charge in [-0.15, -0.1) is 11.8 Å². The summed E-state index contributed by atoms with van der Waals surface area (Å²) < 4.78 is 1.80. The maximum atomic E-state index is 5.55. The standard InChI is InChI=1S/C10H12N4S/c1-14-6-8(4-13-14)7-15-10-3-2-9(11)5-12-10/h2-6H,7,11H2,1H3. The van der Waals surface area contributed by atoms with E-state index >= 15 is 0 Å². The van der Waals surface area contributed by atoms with Crippen molar-refractivity contribution in [3.63, 3.8) is 0 Å². The highest BCUT2D eigenvalue weighted by Gasteiger charge is 1.99. The summed E-state index contributed by atoms with van der Waals surface area (Å²) in [5.41, 5.74) is 7.44. The Bertz CT molecular complexity index is 435. The third-order valence-corrected chi connectivity index (χ3v) is 2.92. The number of anilines is 1. The van der Waals surface area contributed by atoms with E-state index in [-0.39, 0.29) is 0 Å². The number of thioether (sulfide) groups is 1. The molecule has 2 heterocycles. The molecule has 2 aromatic rings. The minimum Gasteiger partial charge on any atom is -0.397 e. The molecule has 0 spiro atoms. The van der Waals surface area contributed by atoms with Crippen molar-refractivity contribution in [2.45, 2.75) is 10.8 Å². The number of nitrogens with two attached hydrogens (primary N) is 1. The fraction of sp³-hybridized carbons (Fsp3) is 0.200. The van der Waals surface area contributed by atoms with Crippen LogP contribution in [-0.2, 0) is 12.8 Å². The summed E-state index contributed by atoms with van der Waals surface area (Å²) in [5.74, 6) is 0.880. The molecule has 0 amide bonds. The van der Waals surface area contributed by atoms with E-state index in [0.717, 1.165) is 10.8 Å². The van der Waals surface area contributed by atoms with Gasteiger partial charge < -0.3 is 5.73 Å². The highest BCUT2D eigenvalue weighted by Crippen LogP contribution is 2.20. The molecule has 0 aliphatic carbocycles. The third-order valence-electron chi connectivity index (χ3n) is 1.90. The van der Waals surface area contributed by atoms with Crippen LogP contribution in [0.3, 0.4) is 0 Å². The van der Waals surface area contributed by atoms with Crippen LogP contribution in [0.1, 0.15) is 5.56 Å².